The van der Waals surface area contributed by atoms with Gasteiger partial charge in [-0.25, -0.2) is 0 Å². The molecule has 0 spiro atoms. The standard InChI is InChI=1S/C4H8.3CH4/c1-3-4-2;;;/h3H,1,4H2,2H3;3*1H4. The minimum atomic E-state index is 0. The second-order valence-corrected chi connectivity index (χ2v) is 0.697. The highest BCUT2D eigenvalue weighted by molar-refractivity contribution is 4.60. The van der Waals surface area contributed by atoms with E-state index < -0.39 is 0 Å². The average molecular weight is 104 g/mol. The van der Waals surface area contributed by atoms with Crippen molar-refractivity contribution in [2.75, 3.05) is 0 Å². The van der Waals surface area contributed by atoms with Gasteiger partial charge < -0.3 is 0 Å². The van der Waals surface area contributed by atoms with Crippen molar-refractivity contribution < 1.29 is 0 Å². The van der Waals surface area contributed by atoms with Crippen LogP contribution in [0, 0.1) is 0 Å². The van der Waals surface area contributed by atoms with Crippen LogP contribution in [0.3, 0.4) is 0 Å². The molecule has 0 N–H and O–H groups in total. The molecule has 0 aliphatic heterocycles. The van der Waals surface area contributed by atoms with E-state index in [1.807, 2.05) is 6.08 Å². The Bertz CT molecular complexity index is 14.0. The Balaban J connectivity index is -0.0000000150. The molecule has 7 heavy (non-hydrogen) atoms. The lowest BCUT2D eigenvalue weighted by Gasteiger charge is -1.57. The summed E-state index contributed by atoms with van der Waals surface area (Å²) in [5, 5.41) is 0. The lowest BCUT2D eigenvalue weighted by Crippen LogP contribution is -1.36. The van der Waals surface area contributed by atoms with Gasteiger partial charge in [0.1, 0.15) is 0 Å². The van der Waals surface area contributed by atoms with Crippen molar-refractivity contribution in [3.05, 3.63) is 12.7 Å². The maximum atomic E-state index is 3.48. The Kier molecular flexibility index (Phi) is 180. The molecule has 0 heteroatoms. The second kappa shape index (κ2) is 42.6. The third-order valence-electron chi connectivity index (χ3n) is 0.289. The fraction of sp³-hybridized carbons (Fsp3) is 0.714. The first-order chi connectivity index (χ1) is 1.91. The van der Waals surface area contributed by atoms with Gasteiger partial charge in [-0.3, -0.25) is 0 Å². The predicted octanol–water partition coefficient (Wildman–Crippen LogP) is 3.49. The minimum absolute atomic E-state index is 0. The van der Waals surface area contributed by atoms with E-state index in [0.717, 1.165) is 6.42 Å². The summed E-state index contributed by atoms with van der Waals surface area (Å²) < 4.78 is 0. The van der Waals surface area contributed by atoms with Gasteiger partial charge >= 0.3 is 0 Å². The number of rotatable bonds is 1. The molecular weight excluding hydrogens is 84.1 g/mol. The van der Waals surface area contributed by atoms with Crippen LogP contribution in [-0.4, -0.2) is 0 Å². The molecule has 0 aromatic rings. The Morgan fingerprint density at radius 3 is 1.43 bits per heavy atom. The van der Waals surface area contributed by atoms with Crippen molar-refractivity contribution in [2.45, 2.75) is 35.6 Å². The molecule has 0 fully saturated rings. The van der Waals surface area contributed by atoms with Crippen molar-refractivity contribution in [3.8, 4) is 0 Å². The van der Waals surface area contributed by atoms with E-state index in [0.29, 0.717) is 0 Å². The zero-order chi connectivity index (χ0) is 3.41. The van der Waals surface area contributed by atoms with Crippen LogP contribution >= 0.6 is 0 Å². The van der Waals surface area contributed by atoms with E-state index in [1.165, 1.54) is 0 Å². The highest BCUT2D eigenvalue weighted by Gasteiger charge is 1.45. The third kappa shape index (κ3) is 147. The third-order valence-corrected chi connectivity index (χ3v) is 0.289. The fourth-order valence-corrected chi connectivity index (χ4v) is 0. The summed E-state index contributed by atoms with van der Waals surface area (Å²) in [5.41, 5.74) is 0. The fourth-order valence-electron chi connectivity index (χ4n) is 0. The normalized spacial score (nSPS) is 3.57. The summed E-state index contributed by atoms with van der Waals surface area (Å²) >= 11 is 0. The summed E-state index contributed by atoms with van der Waals surface area (Å²) in [5.74, 6) is 0. The van der Waals surface area contributed by atoms with Crippen molar-refractivity contribution in [1.29, 1.82) is 0 Å². The first kappa shape index (κ1) is 29.6. The lowest BCUT2D eigenvalue weighted by atomic mass is 10.5. The van der Waals surface area contributed by atoms with E-state index in [-0.39, 0.29) is 22.3 Å². The lowest BCUT2D eigenvalue weighted by molar-refractivity contribution is 1.23. The summed E-state index contributed by atoms with van der Waals surface area (Å²) in [6.45, 7) is 5.54. The second-order valence-electron chi connectivity index (χ2n) is 0.697. The minimum Gasteiger partial charge on any atom is -0.103 e. The summed E-state index contributed by atoms with van der Waals surface area (Å²) in [6, 6.07) is 0. The first-order valence-corrected chi connectivity index (χ1v) is 1.52. The Morgan fingerprint density at radius 1 is 1.29 bits per heavy atom. The molecule has 0 saturated heterocycles. The SMILES string of the molecule is C.C.C.C=CCC. The zero-order valence-electron chi connectivity index (χ0n) is 2.99. The first-order valence-electron chi connectivity index (χ1n) is 1.52. The van der Waals surface area contributed by atoms with E-state index in [1.54, 1.807) is 0 Å². The molecule has 0 radical (unpaired) electrons. The molecule has 0 rings (SSSR count). The van der Waals surface area contributed by atoms with Crippen molar-refractivity contribution >= 4 is 0 Å². The molecule has 0 bridgehead atoms. The topological polar surface area (TPSA) is 0 Å². The zero-order valence-corrected chi connectivity index (χ0v) is 2.99. The average Bonchev–Trinajstić information content (AvgIpc) is 1.37. The van der Waals surface area contributed by atoms with Crippen LogP contribution in [0.1, 0.15) is 35.6 Å². The smallest absolute Gasteiger partial charge is 0.0382 e. The molecule has 48 valence electrons. The highest BCUT2D eigenvalue weighted by atomic mass is 13.5. The molecular formula is C7H20. The van der Waals surface area contributed by atoms with Crippen LogP contribution in [0.15, 0.2) is 12.7 Å². The van der Waals surface area contributed by atoms with Gasteiger partial charge in [0, 0.05) is 0 Å². The van der Waals surface area contributed by atoms with Crippen molar-refractivity contribution in [3.63, 3.8) is 0 Å². The van der Waals surface area contributed by atoms with E-state index in [2.05, 4.69) is 13.5 Å². The molecule has 0 saturated carbocycles. The molecule has 0 atom stereocenters. The quantitative estimate of drug-likeness (QED) is 0.447. The number of allylic oxidation sites excluding steroid dienone is 1. The van der Waals surface area contributed by atoms with Gasteiger partial charge in [-0.1, -0.05) is 35.3 Å². The Hall–Kier alpha value is -0.260. The molecule has 0 unspecified atom stereocenters. The molecule has 0 heterocycles. The number of hydrogen-bond acceptors (Lipinski definition) is 0. The van der Waals surface area contributed by atoms with Gasteiger partial charge in [-0.2, -0.15) is 0 Å². The van der Waals surface area contributed by atoms with Gasteiger partial charge in [0.15, 0.2) is 0 Å². The molecule has 0 amide bonds. The van der Waals surface area contributed by atoms with Crippen LogP contribution in [0.2, 0.25) is 0 Å². The van der Waals surface area contributed by atoms with E-state index in [4.69, 9.17) is 0 Å². The monoisotopic (exact) mass is 104 g/mol. The maximum Gasteiger partial charge on any atom is -0.0382 e. The largest absolute Gasteiger partial charge is 0.103 e. The van der Waals surface area contributed by atoms with Crippen molar-refractivity contribution in [1.82, 2.24) is 0 Å². The van der Waals surface area contributed by atoms with Gasteiger partial charge in [0.2, 0.25) is 0 Å². The molecule has 0 aliphatic carbocycles. The van der Waals surface area contributed by atoms with E-state index >= 15 is 0 Å². The van der Waals surface area contributed by atoms with Crippen molar-refractivity contribution in [2.24, 2.45) is 0 Å². The van der Waals surface area contributed by atoms with Gasteiger partial charge in [0.05, 0.1) is 0 Å². The van der Waals surface area contributed by atoms with Crippen LogP contribution in [0.4, 0.5) is 0 Å². The van der Waals surface area contributed by atoms with Crippen LogP contribution < -0.4 is 0 Å². The molecule has 0 nitrogen and oxygen atoms in total. The Morgan fingerprint density at radius 2 is 1.43 bits per heavy atom. The maximum absolute atomic E-state index is 3.48. The van der Waals surface area contributed by atoms with Gasteiger partial charge in [-0.05, 0) is 6.42 Å². The molecule has 0 aromatic heterocycles. The summed E-state index contributed by atoms with van der Waals surface area (Å²) in [4.78, 5) is 0. The predicted molar refractivity (Wildman–Crippen MR) is 40.7 cm³/mol. The summed E-state index contributed by atoms with van der Waals surface area (Å²) in [7, 11) is 0. The number of hydrogen-bond donors (Lipinski definition) is 0. The van der Waals surface area contributed by atoms with E-state index in [9.17, 15) is 0 Å². The van der Waals surface area contributed by atoms with Crippen LogP contribution in [0.25, 0.3) is 0 Å². The molecule has 0 aliphatic rings. The summed E-state index contributed by atoms with van der Waals surface area (Å²) in [6.07, 6.45) is 2.96. The molecule has 0 aromatic carbocycles. The van der Waals surface area contributed by atoms with Crippen LogP contribution in [-0.2, 0) is 0 Å². The van der Waals surface area contributed by atoms with Crippen LogP contribution in [0.5, 0.6) is 0 Å². The van der Waals surface area contributed by atoms with Gasteiger partial charge in [0.25, 0.3) is 0 Å². The van der Waals surface area contributed by atoms with Gasteiger partial charge in [-0.15, -0.1) is 6.58 Å². The Labute approximate surface area is 49.3 Å². The highest BCUT2D eigenvalue weighted by Crippen LogP contribution is 1.66.